The summed E-state index contributed by atoms with van der Waals surface area (Å²) in [5, 5.41) is 0.0962. The van der Waals surface area contributed by atoms with Crippen molar-refractivity contribution in [3.8, 4) is 0 Å². The molecule has 0 aliphatic carbocycles. The average molecular weight is 379 g/mol. The summed E-state index contributed by atoms with van der Waals surface area (Å²) < 4.78 is 32.5. The average Bonchev–Trinajstić information content (AvgIpc) is 3.14. The van der Waals surface area contributed by atoms with E-state index >= 15 is 0 Å². The Hall–Kier alpha value is -0.870. The fraction of sp³-hybridized carbons (Fsp3) is 0.333. The quantitative estimate of drug-likeness (QED) is 0.762. The van der Waals surface area contributed by atoms with Gasteiger partial charge in [0.05, 0.1) is 28.2 Å². The number of rotatable bonds is 3. The van der Waals surface area contributed by atoms with Gasteiger partial charge in [-0.1, -0.05) is 11.6 Å². The molecule has 0 unspecified atom stereocenters. The highest BCUT2D eigenvalue weighted by molar-refractivity contribution is 8.00. The number of ether oxygens (including phenoxy) is 1. The van der Waals surface area contributed by atoms with E-state index in [9.17, 15) is 13.2 Å². The molecule has 10 heteroatoms. The second-order valence-electron chi connectivity index (χ2n) is 4.51. The molecule has 0 bridgehead atoms. The zero-order chi connectivity index (χ0) is 15.9. The van der Waals surface area contributed by atoms with E-state index in [1.165, 1.54) is 36.3 Å². The van der Waals surface area contributed by atoms with Crippen LogP contribution in [-0.2, 0) is 19.6 Å². The molecule has 0 amide bonds. The molecule has 0 spiro atoms. The first-order valence-electron chi connectivity index (χ1n) is 6.16. The van der Waals surface area contributed by atoms with Crippen molar-refractivity contribution in [1.29, 1.82) is 0 Å². The maximum absolute atomic E-state index is 13.0. The van der Waals surface area contributed by atoms with Crippen LogP contribution in [0.4, 0.5) is 0 Å². The molecular formula is C12H11ClN2O4S3. The predicted octanol–water partition coefficient (Wildman–Crippen LogP) is 2.19. The van der Waals surface area contributed by atoms with E-state index in [4.69, 9.17) is 16.3 Å². The van der Waals surface area contributed by atoms with Gasteiger partial charge in [0.25, 0.3) is 0 Å². The van der Waals surface area contributed by atoms with Gasteiger partial charge in [-0.05, 0) is 12.1 Å². The number of hydrogen-bond donors (Lipinski definition) is 0. The zero-order valence-corrected chi connectivity index (χ0v) is 14.6. The summed E-state index contributed by atoms with van der Waals surface area (Å²) >= 11 is 8.80. The van der Waals surface area contributed by atoms with Gasteiger partial charge in [-0.3, -0.25) is 4.79 Å². The molecule has 0 saturated carbocycles. The lowest BCUT2D eigenvalue weighted by Crippen LogP contribution is -2.42. The minimum atomic E-state index is -3.95. The SMILES string of the molecule is COC(=O)[C@H]1CSCN1S(=O)(=O)c1c(Cl)ccc2scnc12. The highest BCUT2D eigenvalue weighted by atomic mass is 35.5. The summed E-state index contributed by atoms with van der Waals surface area (Å²) in [4.78, 5) is 15.9. The minimum absolute atomic E-state index is 0.0516. The largest absolute Gasteiger partial charge is 0.468 e. The highest BCUT2D eigenvalue weighted by Crippen LogP contribution is 2.36. The molecule has 1 aromatic carbocycles. The Bertz CT molecular complexity index is 836. The number of thioether (sulfide) groups is 1. The van der Waals surface area contributed by atoms with E-state index in [0.29, 0.717) is 11.3 Å². The summed E-state index contributed by atoms with van der Waals surface area (Å²) in [6.07, 6.45) is 0. The van der Waals surface area contributed by atoms with Gasteiger partial charge in [-0.15, -0.1) is 23.1 Å². The fourth-order valence-electron chi connectivity index (χ4n) is 2.23. The second-order valence-corrected chi connectivity index (χ2v) is 8.63. The molecule has 1 saturated heterocycles. The van der Waals surface area contributed by atoms with Crippen molar-refractivity contribution in [3.63, 3.8) is 0 Å². The van der Waals surface area contributed by atoms with E-state index < -0.39 is 22.0 Å². The lowest BCUT2D eigenvalue weighted by atomic mass is 10.3. The first kappa shape index (κ1) is 16.0. The van der Waals surface area contributed by atoms with Gasteiger partial charge in [0.2, 0.25) is 10.0 Å². The van der Waals surface area contributed by atoms with Gasteiger partial charge in [0.1, 0.15) is 16.5 Å². The molecule has 1 aliphatic heterocycles. The van der Waals surface area contributed by atoms with E-state index in [1.54, 1.807) is 11.6 Å². The van der Waals surface area contributed by atoms with Crippen LogP contribution in [0.3, 0.4) is 0 Å². The number of benzene rings is 1. The van der Waals surface area contributed by atoms with Crippen LogP contribution in [0, 0.1) is 0 Å². The lowest BCUT2D eigenvalue weighted by Gasteiger charge is -2.21. The number of carbonyl (C=O) groups excluding carboxylic acids is 1. The number of aromatic nitrogens is 1. The van der Waals surface area contributed by atoms with Crippen LogP contribution in [0.1, 0.15) is 0 Å². The van der Waals surface area contributed by atoms with E-state index in [-0.39, 0.29) is 15.8 Å². The second kappa shape index (κ2) is 5.97. The molecule has 1 aliphatic rings. The number of carbonyl (C=O) groups is 1. The van der Waals surface area contributed by atoms with E-state index in [1.807, 2.05) is 0 Å². The van der Waals surface area contributed by atoms with Gasteiger partial charge in [0.15, 0.2) is 0 Å². The zero-order valence-electron chi connectivity index (χ0n) is 11.4. The van der Waals surface area contributed by atoms with E-state index in [2.05, 4.69) is 4.98 Å². The number of fused-ring (bicyclic) bond motifs is 1. The van der Waals surface area contributed by atoms with Crippen LogP contribution in [0.2, 0.25) is 5.02 Å². The van der Waals surface area contributed by atoms with Crippen molar-refractivity contribution < 1.29 is 17.9 Å². The number of nitrogens with zero attached hydrogens (tertiary/aromatic N) is 2. The molecule has 0 N–H and O–H groups in total. The number of halogens is 1. The summed E-state index contributed by atoms with van der Waals surface area (Å²) in [7, 11) is -2.71. The van der Waals surface area contributed by atoms with Crippen LogP contribution < -0.4 is 0 Å². The fourth-order valence-corrected chi connectivity index (χ4v) is 6.75. The lowest BCUT2D eigenvalue weighted by molar-refractivity contribution is -0.143. The van der Waals surface area contributed by atoms with E-state index in [0.717, 1.165) is 9.01 Å². The number of hydrogen-bond acceptors (Lipinski definition) is 7. The molecule has 1 atom stereocenters. The monoisotopic (exact) mass is 378 g/mol. The van der Waals surface area contributed by atoms with Crippen LogP contribution in [0.15, 0.2) is 22.5 Å². The summed E-state index contributed by atoms with van der Waals surface area (Å²) in [6, 6.07) is 2.42. The van der Waals surface area contributed by atoms with Crippen molar-refractivity contribution in [3.05, 3.63) is 22.7 Å². The van der Waals surface area contributed by atoms with Crippen LogP contribution >= 0.6 is 34.7 Å². The van der Waals surface area contributed by atoms with Gasteiger partial charge >= 0.3 is 5.97 Å². The predicted molar refractivity (Wildman–Crippen MR) is 86.8 cm³/mol. The number of esters is 1. The Morgan fingerprint density at radius 3 is 3.00 bits per heavy atom. The molecule has 2 aromatic rings. The highest BCUT2D eigenvalue weighted by Gasteiger charge is 2.42. The van der Waals surface area contributed by atoms with Gasteiger partial charge in [0, 0.05) is 5.75 Å². The van der Waals surface area contributed by atoms with Crippen molar-refractivity contribution in [2.24, 2.45) is 0 Å². The van der Waals surface area contributed by atoms with Crippen molar-refractivity contribution in [1.82, 2.24) is 9.29 Å². The molecule has 1 aromatic heterocycles. The standard InChI is InChI=1S/C12H11ClN2O4S3/c1-19-12(16)8-4-20-6-15(8)22(17,18)11-7(13)2-3-9-10(11)14-5-21-9/h2-3,5,8H,4,6H2,1H3/t8-/m1/s1. The Morgan fingerprint density at radius 1 is 1.50 bits per heavy atom. The molecule has 1 fully saturated rings. The van der Waals surface area contributed by atoms with Crippen LogP contribution in [-0.4, -0.2) is 48.5 Å². The molecular weight excluding hydrogens is 368 g/mol. The molecule has 2 heterocycles. The van der Waals surface area contributed by atoms with Crippen molar-refractivity contribution in [2.75, 3.05) is 18.7 Å². The molecule has 0 radical (unpaired) electrons. The maximum Gasteiger partial charge on any atom is 0.325 e. The molecule has 6 nitrogen and oxygen atoms in total. The molecule has 3 rings (SSSR count). The van der Waals surface area contributed by atoms with Crippen LogP contribution in [0.5, 0.6) is 0 Å². The third-order valence-electron chi connectivity index (χ3n) is 3.29. The Morgan fingerprint density at radius 2 is 2.27 bits per heavy atom. The van der Waals surface area contributed by atoms with Gasteiger partial charge in [-0.2, -0.15) is 4.31 Å². The smallest absolute Gasteiger partial charge is 0.325 e. The first-order chi connectivity index (χ1) is 10.5. The van der Waals surface area contributed by atoms with Gasteiger partial charge < -0.3 is 4.74 Å². The summed E-state index contributed by atoms with van der Waals surface area (Å²) in [5.74, 6) is -0.0367. The van der Waals surface area contributed by atoms with Gasteiger partial charge in [-0.25, -0.2) is 13.4 Å². The minimum Gasteiger partial charge on any atom is -0.468 e. The van der Waals surface area contributed by atoms with Crippen LogP contribution in [0.25, 0.3) is 10.2 Å². The molecule has 118 valence electrons. The third kappa shape index (κ3) is 2.50. The Balaban J connectivity index is 2.14. The number of thiazole rings is 1. The maximum atomic E-state index is 13.0. The summed E-state index contributed by atoms with van der Waals surface area (Å²) in [5.41, 5.74) is 1.90. The number of sulfonamides is 1. The van der Waals surface area contributed by atoms with Crippen molar-refractivity contribution >= 4 is 60.9 Å². The Labute approximate surface area is 140 Å². The first-order valence-corrected chi connectivity index (χ1v) is 10.0. The topological polar surface area (TPSA) is 76.6 Å². The molecule has 22 heavy (non-hydrogen) atoms. The summed E-state index contributed by atoms with van der Waals surface area (Å²) in [6.45, 7) is 0. The normalized spacial score (nSPS) is 19.6. The van der Waals surface area contributed by atoms with Crippen molar-refractivity contribution in [2.45, 2.75) is 10.9 Å². The Kier molecular flexibility index (Phi) is 4.34. The third-order valence-corrected chi connectivity index (χ3v) is 7.62. The number of methoxy groups -OCH3 is 1.